The topological polar surface area (TPSA) is 30.7 Å². The fourth-order valence-corrected chi connectivity index (χ4v) is 3.42. The lowest BCUT2D eigenvalue weighted by molar-refractivity contribution is 0.627. The Hall–Kier alpha value is -2.40. The van der Waals surface area contributed by atoms with Gasteiger partial charge in [0, 0.05) is 17.4 Å². The van der Waals surface area contributed by atoms with E-state index in [1.807, 2.05) is 41.0 Å². The molecule has 0 aliphatic heterocycles. The van der Waals surface area contributed by atoms with E-state index in [2.05, 4.69) is 23.7 Å². The zero-order valence-corrected chi connectivity index (χ0v) is 14.2. The lowest BCUT2D eigenvalue weighted by atomic mass is 10.2. The molecule has 0 aliphatic carbocycles. The molecule has 1 heterocycles. The molecule has 1 aromatic heterocycles. The Morgan fingerprint density at radius 2 is 1.83 bits per heavy atom. The molecule has 3 rings (SSSR count). The summed E-state index contributed by atoms with van der Waals surface area (Å²) in [5.74, 6) is 0.599. The highest BCUT2D eigenvalue weighted by molar-refractivity contribution is 7.99. The minimum atomic E-state index is -0.225. The van der Waals surface area contributed by atoms with E-state index in [-0.39, 0.29) is 11.1 Å². The second-order valence-electron chi connectivity index (χ2n) is 5.38. The standard InChI is InChI=1S/C19H18FN3S/c1-3-13-23-18(16-7-5-4-6-8-16)21-22-19(23)24-14(2)15-9-11-17(20)12-10-15/h3-12,14H,1,13H2,2H3. The van der Waals surface area contributed by atoms with E-state index >= 15 is 0 Å². The number of allylic oxidation sites excluding steroid dienone is 1. The van der Waals surface area contributed by atoms with Crippen molar-refractivity contribution in [1.29, 1.82) is 0 Å². The lowest BCUT2D eigenvalue weighted by Crippen LogP contribution is -2.01. The highest BCUT2D eigenvalue weighted by Crippen LogP contribution is 2.35. The maximum Gasteiger partial charge on any atom is 0.192 e. The van der Waals surface area contributed by atoms with Gasteiger partial charge in [-0.15, -0.1) is 16.8 Å². The monoisotopic (exact) mass is 339 g/mol. The molecule has 2 aromatic carbocycles. The third-order valence-electron chi connectivity index (χ3n) is 3.68. The molecule has 3 nitrogen and oxygen atoms in total. The first-order valence-electron chi connectivity index (χ1n) is 7.70. The van der Waals surface area contributed by atoms with Crippen LogP contribution in [0.15, 0.2) is 72.4 Å². The van der Waals surface area contributed by atoms with Crippen LogP contribution in [0.3, 0.4) is 0 Å². The summed E-state index contributed by atoms with van der Waals surface area (Å²) in [5, 5.41) is 9.66. The highest BCUT2D eigenvalue weighted by Gasteiger charge is 2.17. The van der Waals surface area contributed by atoms with Crippen LogP contribution in [0.25, 0.3) is 11.4 Å². The Morgan fingerprint density at radius 1 is 1.12 bits per heavy atom. The molecular weight excluding hydrogens is 321 g/mol. The normalized spacial score (nSPS) is 12.1. The van der Waals surface area contributed by atoms with E-state index in [0.29, 0.717) is 6.54 Å². The van der Waals surface area contributed by atoms with Gasteiger partial charge in [0.15, 0.2) is 11.0 Å². The Morgan fingerprint density at radius 3 is 2.50 bits per heavy atom. The van der Waals surface area contributed by atoms with Crippen LogP contribution in [0.2, 0.25) is 0 Å². The van der Waals surface area contributed by atoms with Gasteiger partial charge in [0.1, 0.15) is 5.82 Å². The summed E-state index contributed by atoms with van der Waals surface area (Å²) >= 11 is 1.60. The Kier molecular flexibility index (Phi) is 5.11. The fraction of sp³-hybridized carbons (Fsp3) is 0.158. The van der Waals surface area contributed by atoms with Gasteiger partial charge < -0.3 is 0 Å². The molecule has 0 radical (unpaired) electrons. The van der Waals surface area contributed by atoms with Gasteiger partial charge in [-0.1, -0.05) is 60.3 Å². The van der Waals surface area contributed by atoms with Gasteiger partial charge in [-0.05, 0) is 24.6 Å². The van der Waals surface area contributed by atoms with Crippen molar-refractivity contribution in [3.05, 3.63) is 78.6 Å². The number of nitrogens with zero attached hydrogens (tertiary/aromatic N) is 3. The Labute approximate surface area is 145 Å². The summed E-state index contributed by atoms with van der Waals surface area (Å²) in [6.45, 7) is 6.54. The number of thioether (sulfide) groups is 1. The fourth-order valence-electron chi connectivity index (χ4n) is 2.43. The first kappa shape index (κ1) is 16.5. The molecule has 24 heavy (non-hydrogen) atoms. The van der Waals surface area contributed by atoms with Crippen molar-refractivity contribution in [3.63, 3.8) is 0 Å². The van der Waals surface area contributed by atoms with E-state index in [1.54, 1.807) is 23.9 Å². The number of hydrogen-bond acceptors (Lipinski definition) is 3. The Bertz CT molecular complexity index is 812. The van der Waals surface area contributed by atoms with Crippen LogP contribution in [-0.4, -0.2) is 14.8 Å². The SMILES string of the molecule is C=CCn1c(SC(C)c2ccc(F)cc2)nnc1-c1ccccc1. The van der Waals surface area contributed by atoms with Gasteiger partial charge in [-0.3, -0.25) is 4.57 Å². The van der Waals surface area contributed by atoms with Crippen LogP contribution in [-0.2, 0) is 6.54 Å². The number of rotatable bonds is 6. The van der Waals surface area contributed by atoms with Crippen LogP contribution in [0.4, 0.5) is 4.39 Å². The van der Waals surface area contributed by atoms with E-state index in [1.165, 1.54) is 12.1 Å². The van der Waals surface area contributed by atoms with Crippen LogP contribution in [0.1, 0.15) is 17.7 Å². The maximum absolute atomic E-state index is 13.1. The molecule has 0 saturated carbocycles. The second kappa shape index (κ2) is 7.45. The molecule has 1 atom stereocenters. The summed E-state index contributed by atoms with van der Waals surface area (Å²) in [7, 11) is 0. The smallest absolute Gasteiger partial charge is 0.192 e. The van der Waals surface area contributed by atoms with Gasteiger partial charge >= 0.3 is 0 Å². The zero-order chi connectivity index (χ0) is 16.9. The van der Waals surface area contributed by atoms with Crippen molar-refractivity contribution in [2.45, 2.75) is 23.9 Å². The van der Waals surface area contributed by atoms with Crippen molar-refractivity contribution in [1.82, 2.24) is 14.8 Å². The molecule has 0 fully saturated rings. The van der Waals surface area contributed by atoms with E-state index < -0.39 is 0 Å². The Balaban J connectivity index is 1.89. The largest absolute Gasteiger partial charge is 0.298 e. The number of halogens is 1. The van der Waals surface area contributed by atoms with Gasteiger partial charge in [0.05, 0.1) is 0 Å². The summed E-state index contributed by atoms with van der Waals surface area (Å²) in [5.41, 5.74) is 2.07. The molecule has 0 N–H and O–H groups in total. The molecule has 0 aliphatic rings. The molecule has 0 amide bonds. The van der Waals surface area contributed by atoms with E-state index in [9.17, 15) is 4.39 Å². The van der Waals surface area contributed by atoms with Crippen molar-refractivity contribution in [2.75, 3.05) is 0 Å². The lowest BCUT2D eigenvalue weighted by Gasteiger charge is -2.12. The molecular formula is C19H18FN3S. The van der Waals surface area contributed by atoms with Crippen LogP contribution >= 0.6 is 11.8 Å². The molecule has 0 bridgehead atoms. The van der Waals surface area contributed by atoms with Crippen molar-refractivity contribution in [2.24, 2.45) is 0 Å². The quantitative estimate of drug-likeness (QED) is 0.461. The maximum atomic E-state index is 13.1. The molecule has 5 heteroatoms. The second-order valence-corrected chi connectivity index (χ2v) is 6.69. The highest BCUT2D eigenvalue weighted by atomic mass is 32.2. The van der Waals surface area contributed by atoms with Crippen molar-refractivity contribution < 1.29 is 4.39 Å². The minimum absolute atomic E-state index is 0.141. The average Bonchev–Trinajstić information content (AvgIpc) is 2.99. The number of benzene rings is 2. The predicted molar refractivity (Wildman–Crippen MR) is 96.3 cm³/mol. The van der Waals surface area contributed by atoms with Crippen molar-refractivity contribution in [3.8, 4) is 11.4 Å². The first-order chi connectivity index (χ1) is 11.7. The zero-order valence-electron chi connectivity index (χ0n) is 13.4. The average molecular weight is 339 g/mol. The van der Waals surface area contributed by atoms with Crippen LogP contribution in [0, 0.1) is 5.82 Å². The van der Waals surface area contributed by atoms with E-state index in [0.717, 1.165) is 22.1 Å². The molecule has 3 aromatic rings. The molecule has 0 spiro atoms. The third kappa shape index (κ3) is 3.57. The van der Waals surface area contributed by atoms with Gasteiger partial charge in [0.2, 0.25) is 0 Å². The summed E-state index contributed by atoms with van der Waals surface area (Å²) in [4.78, 5) is 0. The minimum Gasteiger partial charge on any atom is -0.298 e. The first-order valence-corrected chi connectivity index (χ1v) is 8.58. The van der Waals surface area contributed by atoms with Gasteiger partial charge in [-0.25, -0.2) is 4.39 Å². The van der Waals surface area contributed by atoms with Crippen LogP contribution in [0.5, 0.6) is 0 Å². The molecule has 1 unspecified atom stereocenters. The summed E-state index contributed by atoms with van der Waals surface area (Å²) < 4.78 is 15.1. The summed E-state index contributed by atoms with van der Waals surface area (Å²) in [6, 6.07) is 16.5. The third-order valence-corrected chi connectivity index (χ3v) is 4.82. The van der Waals surface area contributed by atoms with Crippen molar-refractivity contribution >= 4 is 11.8 Å². The van der Waals surface area contributed by atoms with Crippen LogP contribution < -0.4 is 0 Å². The number of aromatic nitrogens is 3. The summed E-state index contributed by atoms with van der Waals surface area (Å²) in [6.07, 6.45) is 1.84. The van der Waals surface area contributed by atoms with Gasteiger partial charge in [-0.2, -0.15) is 0 Å². The predicted octanol–water partition coefficient (Wildman–Crippen LogP) is 5.12. The molecule has 0 saturated heterocycles. The van der Waals surface area contributed by atoms with Gasteiger partial charge in [0.25, 0.3) is 0 Å². The van der Waals surface area contributed by atoms with E-state index in [4.69, 9.17) is 0 Å². The number of hydrogen-bond donors (Lipinski definition) is 0. The molecule has 122 valence electrons.